The van der Waals surface area contributed by atoms with Gasteiger partial charge in [0.15, 0.2) is 0 Å². The Labute approximate surface area is 111 Å². The van der Waals surface area contributed by atoms with Gasteiger partial charge in [0.05, 0.1) is 18.3 Å². The molecule has 18 heavy (non-hydrogen) atoms. The molecule has 4 N–H and O–H groups in total. The molecule has 0 spiro atoms. The van der Waals surface area contributed by atoms with Crippen LogP contribution in [0.15, 0.2) is 18.2 Å². The summed E-state index contributed by atoms with van der Waals surface area (Å²) < 4.78 is 4.85. The van der Waals surface area contributed by atoms with Crippen LogP contribution in [0.2, 0.25) is 0 Å². The highest BCUT2D eigenvalue weighted by Gasteiger charge is 2.21. The topological polar surface area (TPSA) is 92.8 Å². The van der Waals surface area contributed by atoms with E-state index in [2.05, 4.69) is 12.6 Å². The van der Waals surface area contributed by atoms with Crippen molar-refractivity contribution in [2.24, 2.45) is 0 Å². The predicted molar refractivity (Wildman–Crippen MR) is 71.6 cm³/mol. The van der Waals surface area contributed by atoms with Gasteiger partial charge in [-0.05, 0) is 25.1 Å². The fraction of sp³-hybridized carbons (Fsp3) is 0.417. The molecule has 100 valence electrons. The zero-order chi connectivity index (χ0) is 13.7. The molecule has 2 atom stereocenters. The first-order valence-electron chi connectivity index (χ1n) is 5.54. The SMILES string of the molecule is CCOC(=O)c1ccc(N)c(C(O)C(O)CS)c1. The van der Waals surface area contributed by atoms with Gasteiger partial charge in [0.1, 0.15) is 6.10 Å². The summed E-state index contributed by atoms with van der Waals surface area (Å²) >= 11 is 3.90. The third-order valence-corrected chi connectivity index (χ3v) is 2.84. The number of carbonyl (C=O) groups excluding carboxylic acids is 1. The van der Waals surface area contributed by atoms with Crippen LogP contribution in [0.4, 0.5) is 5.69 Å². The molecule has 0 aromatic heterocycles. The fourth-order valence-corrected chi connectivity index (χ4v) is 1.68. The van der Waals surface area contributed by atoms with Crippen LogP contribution in [0.1, 0.15) is 28.9 Å². The van der Waals surface area contributed by atoms with E-state index in [0.717, 1.165) is 0 Å². The zero-order valence-corrected chi connectivity index (χ0v) is 10.9. The highest BCUT2D eigenvalue weighted by atomic mass is 32.1. The second-order valence-electron chi connectivity index (χ2n) is 3.76. The lowest BCUT2D eigenvalue weighted by Crippen LogP contribution is -2.21. The Hall–Kier alpha value is -1.24. The number of aliphatic hydroxyl groups is 2. The third-order valence-electron chi connectivity index (χ3n) is 2.47. The lowest BCUT2D eigenvalue weighted by atomic mass is 10.0. The Morgan fingerprint density at radius 1 is 1.50 bits per heavy atom. The first-order valence-corrected chi connectivity index (χ1v) is 6.18. The maximum Gasteiger partial charge on any atom is 0.338 e. The second-order valence-corrected chi connectivity index (χ2v) is 4.12. The smallest absolute Gasteiger partial charge is 0.338 e. The molecule has 1 aromatic carbocycles. The van der Waals surface area contributed by atoms with E-state index < -0.39 is 18.2 Å². The molecule has 2 unspecified atom stereocenters. The van der Waals surface area contributed by atoms with Gasteiger partial charge in [-0.3, -0.25) is 0 Å². The van der Waals surface area contributed by atoms with E-state index in [4.69, 9.17) is 10.5 Å². The van der Waals surface area contributed by atoms with Crippen LogP contribution in [0.25, 0.3) is 0 Å². The molecule has 0 aliphatic carbocycles. The van der Waals surface area contributed by atoms with Gasteiger partial charge in [-0.2, -0.15) is 12.6 Å². The molecule has 0 amide bonds. The molecule has 5 nitrogen and oxygen atoms in total. The van der Waals surface area contributed by atoms with E-state index >= 15 is 0 Å². The Morgan fingerprint density at radius 3 is 2.72 bits per heavy atom. The molecule has 0 fully saturated rings. The number of hydrogen-bond donors (Lipinski definition) is 4. The summed E-state index contributed by atoms with van der Waals surface area (Å²) in [6.45, 7) is 1.97. The van der Waals surface area contributed by atoms with Gasteiger partial charge in [0, 0.05) is 17.0 Å². The summed E-state index contributed by atoms with van der Waals surface area (Å²) in [6.07, 6.45) is -2.23. The highest BCUT2D eigenvalue weighted by molar-refractivity contribution is 7.80. The van der Waals surface area contributed by atoms with E-state index in [-0.39, 0.29) is 17.9 Å². The number of esters is 1. The van der Waals surface area contributed by atoms with Crippen LogP contribution in [0, 0.1) is 0 Å². The largest absolute Gasteiger partial charge is 0.462 e. The predicted octanol–water partition coefficient (Wildman–Crippen LogP) is 0.770. The van der Waals surface area contributed by atoms with Gasteiger partial charge in [-0.1, -0.05) is 0 Å². The van der Waals surface area contributed by atoms with Gasteiger partial charge in [0.25, 0.3) is 0 Å². The summed E-state index contributed by atoms with van der Waals surface area (Å²) in [5, 5.41) is 19.4. The summed E-state index contributed by atoms with van der Waals surface area (Å²) in [7, 11) is 0. The van der Waals surface area contributed by atoms with Crippen LogP contribution in [0.5, 0.6) is 0 Å². The summed E-state index contributed by atoms with van der Waals surface area (Å²) in [4.78, 5) is 11.5. The standard InChI is InChI=1S/C12H17NO4S/c1-2-17-12(16)7-3-4-9(13)8(5-7)11(15)10(14)6-18/h3-5,10-11,14-15,18H,2,6,13H2,1H3. The first-order chi connectivity index (χ1) is 8.51. The van der Waals surface area contributed by atoms with Gasteiger partial charge in [-0.15, -0.1) is 0 Å². The highest BCUT2D eigenvalue weighted by Crippen LogP contribution is 2.25. The lowest BCUT2D eigenvalue weighted by Gasteiger charge is -2.18. The maximum absolute atomic E-state index is 11.5. The van der Waals surface area contributed by atoms with E-state index in [0.29, 0.717) is 11.3 Å². The monoisotopic (exact) mass is 271 g/mol. The van der Waals surface area contributed by atoms with Crippen LogP contribution in [-0.4, -0.2) is 34.6 Å². The van der Waals surface area contributed by atoms with Crippen LogP contribution < -0.4 is 5.73 Å². The molecule has 0 aliphatic heterocycles. The van der Waals surface area contributed by atoms with E-state index in [1.165, 1.54) is 18.2 Å². The quantitative estimate of drug-likeness (QED) is 0.360. The molecule has 6 heteroatoms. The minimum atomic E-state index is -1.18. The number of benzene rings is 1. The first kappa shape index (κ1) is 14.8. The van der Waals surface area contributed by atoms with Crippen molar-refractivity contribution in [3.05, 3.63) is 29.3 Å². The Kier molecular flexibility index (Phi) is 5.46. The number of rotatable bonds is 5. The number of anilines is 1. The van der Waals surface area contributed by atoms with Gasteiger partial charge in [0.2, 0.25) is 0 Å². The van der Waals surface area contributed by atoms with Gasteiger partial charge < -0.3 is 20.7 Å². The van der Waals surface area contributed by atoms with Crippen LogP contribution in [-0.2, 0) is 4.74 Å². The van der Waals surface area contributed by atoms with Crippen molar-refractivity contribution in [1.29, 1.82) is 0 Å². The van der Waals surface area contributed by atoms with Crippen molar-refractivity contribution < 1.29 is 19.7 Å². The number of thiol groups is 1. The molecule has 1 aromatic rings. The van der Waals surface area contributed by atoms with Crippen molar-refractivity contribution in [2.45, 2.75) is 19.1 Å². The summed E-state index contributed by atoms with van der Waals surface area (Å²) in [5.74, 6) is -0.407. The van der Waals surface area contributed by atoms with Gasteiger partial charge >= 0.3 is 5.97 Å². The van der Waals surface area contributed by atoms with Gasteiger partial charge in [-0.25, -0.2) is 4.79 Å². The number of carbonyl (C=O) groups is 1. The van der Waals surface area contributed by atoms with Crippen molar-refractivity contribution in [1.82, 2.24) is 0 Å². The fourth-order valence-electron chi connectivity index (χ4n) is 1.48. The lowest BCUT2D eigenvalue weighted by molar-refractivity contribution is 0.0340. The average Bonchev–Trinajstić information content (AvgIpc) is 2.37. The number of nitrogens with two attached hydrogens (primary N) is 1. The molecule has 1 rings (SSSR count). The molecule has 0 aliphatic rings. The van der Waals surface area contributed by atoms with Crippen LogP contribution in [0.3, 0.4) is 0 Å². The molecular weight excluding hydrogens is 254 g/mol. The van der Waals surface area contributed by atoms with E-state index in [1.54, 1.807) is 6.92 Å². The molecule has 0 radical (unpaired) electrons. The number of ether oxygens (including phenoxy) is 1. The van der Waals surface area contributed by atoms with Crippen molar-refractivity contribution >= 4 is 24.3 Å². The number of aliphatic hydroxyl groups excluding tert-OH is 2. The third kappa shape index (κ3) is 3.38. The number of hydrogen-bond acceptors (Lipinski definition) is 6. The molecule has 0 saturated heterocycles. The molecule has 0 saturated carbocycles. The summed E-state index contributed by atoms with van der Waals surface area (Å²) in [5.41, 5.74) is 6.59. The van der Waals surface area contributed by atoms with Crippen molar-refractivity contribution in [2.75, 3.05) is 18.1 Å². The Bertz CT molecular complexity index is 425. The maximum atomic E-state index is 11.5. The Balaban J connectivity index is 3.04. The van der Waals surface area contributed by atoms with Crippen LogP contribution >= 0.6 is 12.6 Å². The molecule has 0 heterocycles. The average molecular weight is 271 g/mol. The minimum absolute atomic E-state index is 0.0875. The van der Waals surface area contributed by atoms with Crippen molar-refractivity contribution in [3.63, 3.8) is 0 Å². The van der Waals surface area contributed by atoms with E-state index in [1.807, 2.05) is 0 Å². The van der Waals surface area contributed by atoms with Crippen molar-refractivity contribution in [3.8, 4) is 0 Å². The molecular formula is C12H17NO4S. The molecule has 0 bridgehead atoms. The second kappa shape index (κ2) is 6.63. The zero-order valence-electron chi connectivity index (χ0n) is 10.0. The number of nitrogen functional groups attached to an aromatic ring is 1. The normalized spacial score (nSPS) is 14.0. The summed E-state index contributed by atoms with van der Waals surface area (Å²) in [6, 6.07) is 4.43. The Morgan fingerprint density at radius 2 is 2.17 bits per heavy atom. The minimum Gasteiger partial charge on any atom is -0.462 e. The van der Waals surface area contributed by atoms with E-state index in [9.17, 15) is 15.0 Å².